The maximum atomic E-state index is 15.6. The summed E-state index contributed by atoms with van der Waals surface area (Å²) >= 11 is 0. The lowest BCUT2D eigenvalue weighted by Gasteiger charge is -2.35. The molecule has 9 nitrogen and oxygen atoms in total. The first-order valence-electron chi connectivity index (χ1n) is 13.3. The van der Waals surface area contributed by atoms with Gasteiger partial charge in [-0.3, -0.25) is 19.5 Å². The Morgan fingerprint density at radius 3 is 2.49 bits per heavy atom. The maximum absolute atomic E-state index is 15.6. The van der Waals surface area contributed by atoms with Crippen molar-refractivity contribution in [1.82, 2.24) is 14.8 Å². The van der Waals surface area contributed by atoms with Crippen LogP contribution in [0, 0.1) is 11.7 Å². The number of aromatic nitrogens is 1. The third-order valence-electron chi connectivity index (χ3n) is 7.39. The number of benzene rings is 1. The number of anilines is 2. The van der Waals surface area contributed by atoms with Gasteiger partial charge in [-0.15, -0.1) is 0 Å². The number of morpholine rings is 1. The van der Waals surface area contributed by atoms with Crippen molar-refractivity contribution >= 4 is 29.4 Å². The van der Waals surface area contributed by atoms with Crippen LogP contribution in [0.25, 0.3) is 11.1 Å². The third-order valence-corrected chi connectivity index (χ3v) is 7.39. The van der Waals surface area contributed by atoms with Gasteiger partial charge in [-0.05, 0) is 25.2 Å². The summed E-state index contributed by atoms with van der Waals surface area (Å²) in [4.78, 5) is 38.8. The molecular formula is C28H30F4N6O3. The zero-order valence-electron chi connectivity index (χ0n) is 22.5. The van der Waals surface area contributed by atoms with E-state index in [1.807, 2.05) is 11.9 Å². The van der Waals surface area contributed by atoms with E-state index in [2.05, 4.69) is 25.1 Å². The van der Waals surface area contributed by atoms with Gasteiger partial charge < -0.3 is 19.9 Å². The van der Waals surface area contributed by atoms with Crippen LogP contribution in [-0.4, -0.2) is 98.5 Å². The number of piperazine rings is 1. The number of amides is 2. The number of carbonyl (C=O) groups excluding carboxylic acids is 2. The molecule has 2 amide bonds. The fourth-order valence-electron chi connectivity index (χ4n) is 5.02. The van der Waals surface area contributed by atoms with E-state index in [-0.39, 0.29) is 11.3 Å². The normalized spacial score (nSPS) is 20.7. The summed E-state index contributed by atoms with van der Waals surface area (Å²) in [6.45, 7) is 5.94. The molecule has 0 bridgehead atoms. The molecular weight excluding hydrogens is 544 g/mol. The molecule has 2 saturated heterocycles. The molecule has 1 N–H and O–H groups in total. The van der Waals surface area contributed by atoms with E-state index < -0.39 is 35.3 Å². The summed E-state index contributed by atoms with van der Waals surface area (Å²) in [7, 11) is 1.95. The van der Waals surface area contributed by atoms with Gasteiger partial charge in [0.2, 0.25) is 5.91 Å². The van der Waals surface area contributed by atoms with Gasteiger partial charge in [0.05, 0.1) is 35.9 Å². The average Bonchev–Trinajstić information content (AvgIpc) is 2.95. The molecule has 1 aromatic heterocycles. The molecule has 2 fully saturated rings. The molecule has 13 heteroatoms. The molecule has 4 heterocycles. The Morgan fingerprint density at radius 2 is 1.83 bits per heavy atom. The van der Waals surface area contributed by atoms with E-state index in [0.29, 0.717) is 69.5 Å². The highest BCUT2D eigenvalue weighted by Gasteiger charge is 2.43. The number of rotatable bonds is 6. The van der Waals surface area contributed by atoms with Gasteiger partial charge in [-0.25, -0.2) is 9.38 Å². The predicted octanol–water partition coefficient (Wildman–Crippen LogP) is 3.13. The van der Waals surface area contributed by atoms with Crippen LogP contribution < -0.4 is 10.2 Å². The molecule has 1 unspecified atom stereocenters. The second-order valence-corrected chi connectivity index (χ2v) is 10.2. The van der Waals surface area contributed by atoms with E-state index in [1.54, 1.807) is 18.3 Å². The van der Waals surface area contributed by atoms with E-state index >= 15 is 4.39 Å². The van der Waals surface area contributed by atoms with Crippen molar-refractivity contribution in [3.63, 3.8) is 0 Å². The lowest BCUT2D eigenvalue weighted by atomic mass is 9.95. The fraction of sp³-hybridized carbons (Fsp3) is 0.429. The summed E-state index contributed by atoms with van der Waals surface area (Å²) in [5, 5.41) is 2.57. The van der Waals surface area contributed by atoms with Gasteiger partial charge in [0.25, 0.3) is 5.91 Å². The van der Waals surface area contributed by atoms with Crippen molar-refractivity contribution in [2.45, 2.75) is 12.7 Å². The first kappa shape index (κ1) is 28.8. The van der Waals surface area contributed by atoms with Crippen LogP contribution in [0.1, 0.15) is 5.69 Å². The standard InChI is InChI=1S/C28H30F4N6O3/c1-36-4-6-38(7-5-36)25-14-23(29)20(18-2-3-19(33-15-18)17-37-8-10-41-11-9-37)12-24(25)35-27(40)21-16-34-26(39)13-22(21)28(30,31)32/h2-3,12-16,21H,4-11,17H2,1H3,(H,35,40). The Kier molecular flexibility index (Phi) is 8.47. The highest BCUT2D eigenvalue weighted by atomic mass is 19.4. The zero-order valence-corrected chi connectivity index (χ0v) is 22.5. The number of hydrogen-bond donors (Lipinski definition) is 1. The van der Waals surface area contributed by atoms with Crippen LogP contribution in [0.3, 0.4) is 0 Å². The molecule has 41 heavy (non-hydrogen) atoms. The van der Waals surface area contributed by atoms with Gasteiger partial charge in [-0.2, -0.15) is 13.2 Å². The summed E-state index contributed by atoms with van der Waals surface area (Å²) in [6.07, 6.45) is -2.35. The number of nitrogens with one attached hydrogen (secondary N) is 1. The van der Waals surface area contributed by atoms with Crippen LogP contribution in [0.2, 0.25) is 0 Å². The Hall–Kier alpha value is -3.68. The van der Waals surface area contributed by atoms with Gasteiger partial charge >= 0.3 is 6.18 Å². The summed E-state index contributed by atoms with van der Waals surface area (Å²) in [5.41, 5.74) is 0.595. The van der Waals surface area contributed by atoms with Crippen LogP contribution in [0.4, 0.5) is 28.9 Å². The largest absolute Gasteiger partial charge is 0.414 e. The molecule has 5 rings (SSSR count). The number of halogens is 4. The Labute approximate surface area is 234 Å². The van der Waals surface area contributed by atoms with Crippen LogP contribution >= 0.6 is 0 Å². The summed E-state index contributed by atoms with van der Waals surface area (Å²) in [5.74, 6) is -4.51. The Morgan fingerprint density at radius 1 is 1.10 bits per heavy atom. The third kappa shape index (κ3) is 6.80. The molecule has 1 atom stereocenters. The number of nitrogens with zero attached hydrogens (tertiary/aromatic N) is 5. The van der Waals surface area contributed by atoms with Gasteiger partial charge in [0, 0.05) is 75.4 Å². The van der Waals surface area contributed by atoms with Crippen molar-refractivity contribution in [1.29, 1.82) is 0 Å². The Bertz CT molecular complexity index is 1350. The molecule has 1 aromatic carbocycles. The van der Waals surface area contributed by atoms with Crippen LogP contribution in [-0.2, 0) is 20.9 Å². The Balaban J connectivity index is 1.45. The van der Waals surface area contributed by atoms with Crippen LogP contribution in [0.5, 0.6) is 0 Å². The number of hydrogen-bond acceptors (Lipinski definition) is 7. The van der Waals surface area contributed by atoms with E-state index in [0.717, 1.165) is 18.8 Å². The molecule has 0 spiro atoms. The first-order chi connectivity index (χ1) is 19.6. The molecule has 0 radical (unpaired) electrons. The minimum absolute atomic E-state index is 0.141. The first-order valence-corrected chi connectivity index (χ1v) is 13.3. The molecule has 3 aliphatic heterocycles. The quantitative estimate of drug-likeness (QED) is 0.531. The number of aliphatic imine (C=N–C) groups is 1. The molecule has 2 aromatic rings. The highest BCUT2D eigenvalue weighted by Crippen LogP contribution is 2.37. The number of dihydropyridines is 1. The summed E-state index contributed by atoms with van der Waals surface area (Å²) in [6, 6.07) is 6.23. The number of alkyl halides is 3. The lowest BCUT2D eigenvalue weighted by molar-refractivity contribution is -0.124. The second kappa shape index (κ2) is 12.0. The molecule has 0 aliphatic carbocycles. The minimum atomic E-state index is -4.91. The number of pyridine rings is 1. The number of carbonyl (C=O) groups is 2. The van der Waals surface area contributed by atoms with E-state index in [4.69, 9.17) is 4.74 Å². The monoisotopic (exact) mass is 574 g/mol. The number of likely N-dealkylation sites (N-methyl/N-ethyl adjacent to an activating group) is 1. The van der Waals surface area contributed by atoms with Crippen molar-refractivity contribution in [2.75, 3.05) is 69.7 Å². The van der Waals surface area contributed by atoms with Crippen molar-refractivity contribution in [3.05, 3.63) is 53.6 Å². The van der Waals surface area contributed by atoms with Gasteiger partial charge in [0.15, 0.2) is 0 Å². The topological polar surface area (TPSA) is 90.4 Å². The minimum Gasteiger partial charge on any atom is -0.379 e. The van der Waals surface area contributed by atoms with Crippen molar-refractivity contribution in [2.24, 2.45) is 10.9 Å². The number of ether oxygens (including phenoxy) is 1. The molecule has 218 valence electrons. The van der Waals surface area contributed by atoms with Crippen LogP contribution in [0.15, 0.2) is 47.1 Å². The second-order valence-electron chi connectivity index (χ2n) is 10.2. The lowest BCUT2D eigenvalue weighted by Crippen LogP contribution is -2.45. The van der Waals surface area contributed by atoms with Gasteiger partial charge in [-0.1, -0.05) is 6.07 Å². The molecule has 3 aliphatic rings. The van der Waals surface area contributed by atoms with Gasteiger partial charge in [0.1, 0.15) is 11.7 Å². The smallest absolute Gasteiger partial charge is 0.379 e. The van der Waals surface area contributed by atoms with E-state index in [9.17, 15) is 22.8 Å². The maximum Gasteiger partial charge on any atom is 0.414 e. The zero-order chi connectivity index (χ0) is 29.1. The van der Waals surface area contributed by atoms with Crippen molar-refractivity contribution in [3.8, 4) is 11.1 Å². The highest BCUT2D eigenvalue weighted by molar-refractivity contribution is 6.11. The molecule has 0 saturated carbocycles. The fourth-order valence-corrected chi connectivity index (χ4v) is 5.02. The van der Waals surface area contributed by atoms with E-state index in [1.165, 1.54) is 12.1 Å². The summed E-state index contributed by atoms with van der Waals surface area (Å²) < 4.78 is 61.9. The predicted molar refractivity (Wildman–Crippen MR) is 145 cm³/mol. The average molecular weight is 575 g/mol. The van der Waals surface area contributed by atoms with Crippen molar-refractivity contribution < 1.29 is 31.9 Å². The SMILES string of the molecule is CN1CCN(c2cc(F)c(-c3ccc(CN4CCOCC4)nc3)cc2NC(=O)C2C=NC(=O)C=C2C(F)(F)F)CC1.